The van der Waals surface area contributed by atoms with E-state index in [1.54, 1.807) is 0 Å². The molecule has 2 aliphatic rings. The first-order chi connectivity index (χ1) is 33.2. The second-order valence-corrected chi connectivity index (χ2v) is 17.9. The van der Waals surface area contributed by atoms with Gasteiger partial charge in [-0.15, -0.1) is 0 Å². The molecule has 12 aromatic rings. The van der Waals surface area contributed by atoms with E-state index in [-0.39, 0.29) is 0 Å². The third-order valence-electron chi connectivity index (χ3n) is 14.5. The highest BCUT2D eigenvalue weighted by Gasteiger charge is 2.46. The average molecular weight is 852 g/mol. The molecule has 0 N–H and O–H groups in total. The van der Waals surface area contributed by atoms with Crippen LogP contribution in [-0.4, -0.2) is 0 Å². The van der Waals surface area contributed by atoms with Gasteiger partial charge in [0.15, 0.2) is 0 Å². The van der Waals surface area contributed by atoms with Gasteiger partial charge in [0.1, 0.15) is 11.2 Å². The Kier molecular flexibility index (Phi) is 8.23. The lowest BCUT2D eigenvalue weighted by atomic mass is 9.67. The van der Waals surface area contributed by atoms with Gasteiger partial charge in [-0.1, -0.05) is 200 Å². The van der Waals surface area contributed by atoms with Crippen molar-refractivity contribution in [3.8, 4) is 55.6 Å². The quantitative estimate of drug-likeness (QED) is 0.159. The first-order valence-electron chi connectivity index (χ1n) is 23.2. The molecule has 1 heterocycles. The number of fused-ring (bicyclic) bond motifs is 9. The van der Waals surface area contributed by atoms with E-state index in [1.807, 2.05) is 6.07 Å². The molecule has 0 fully saturated rings. The molecule has 0 amide bonds. The van der Waals surface area contributed by atoms with Gasteiger partial charge in [0.05, 0.1) is 5.41 Å². The van der Waals surface area contributed by atoms with Gasteiger partial charge in [-0.05, 0) is 132 Å². The van der Waals surface area contributed by atoms with Gasteiger partial charge in [0, 0.05) is 33.4 Å². The number of anilines is 3. The van der Waals surface area contributed by atoms with Gasteiger partial charge in [-0.25, -0.2) is 0 Å². The highest BCUT2D eigenvalue weighted by molar-refractivity contribution is 6.16. The molecule has 0 bridgehead atoms. The minimum Gasteiger partial charge on any atom is -0.455 e. The number of benzene rings is 11. The molecule has 14 rings (SSSR count). The topological polar surface area (TPSA) is 16.4 Å². The SMILES string of the molecule is c1ccc(C2(c3ccccc3)c3ccccc3-c3ccc(N(c4ccc(-c5cccc6c5oc5ccccc56)cc4)c4cccc(-c5ccc6c(c5)-c5cccc7cccc-6c57)c4)cc32)cc1. The van der Waals surface area contributed by atoms with Crippen molar-refractivity contribution >= 4 is 49.8 Å². The van der Waals surface area contributed by atoms with E-state index in [1.165, 1.54) is 72.0 Å². The van der Waals surface area contributed by atoms with Crippen molar-refractivity contribution in [1.82, 2.24) is 0 Å². The predicted octanol–water partition coefficient (Wildman–Crippen LogP) is 17.6. The molecule has 1 aromatic heterocycles. The fourth-order valence-corrected chi connectivity index (χ4v) is 11.6. The highest BCUT2D eigenvalue weighted by Crippen LogP contribution is 2.57. The Morgan fingerprint density at radius 1 is 0.313 bits per heavy atom. The fourth-order valence-electron chi connectivity index (χ4n) is 11.6. The summed E-state index contributed by atoms with van der Waals surface area (Å²) in [5.41, 5.74) is 21.8. The Morgan fingerprint density at radius 2 is 0.881 bits per heavy atom. The lowest BCUT2D eigenvalue weighted by Gasteiger charge is -2.35. The molecule has 2 nitrogen and oxygen atoms in total. The van der Waals surface area contributed by atoms with Gasteiger partial charge in [-0.3, -0.25) is 0 Å². The van der Waals surface area contributed by atoms with Crippen molar-refractivity contribution in [3.63, 3.8) is 0 Å². The first-order valence-corrected chi connectivity index (χ1v) is 23.2. The van der Waals surface area contributed by atoms with Crippen molar-refractivity contribution in [1.29, 1.82) is 0 Å². The first kappa shape index (κ1) is 37.6. The number of hydrogen-bond acceptors (Lipinski definition) is 2. The van der Waals surface area contributed by atoms with E-state index >= 15 is 0 Å². The van der Waals surface area contributed by atoms with Crippen molar-refractivity contribution < 1.29 is 4.42 Å². The van der Waals surface area contributed by atoms with Crippen LogP contribution >= 0.6 is 0 Å². The smallest absolute Gasteiger partial charge is 0.143 e. The lowest BCUT2D eigenvalue weighted by molar-refractivity contribution is 0.670. The van der Waals surface area contributed by atoms with E-state index in [2.05, 4.69) is 248 Å². The number of nitrogens with zero attached hydrogens (tertiary/aromatic N) is 1. The minimum atomic E-state index is -0.530. The Balaban J connectivity index is 0.958. The molecule has 67 heavy (non-hydrogen) atoms. The van der Waals surface area contributed by atoms with Crippen LogP contribution < -0.4 is 4.90 Å². The average Bonchev–Trinajstić information content (AvgIpc) is 4.04. The summed E-state index contributed by atoms with van der Waals surface area (Å²) in [7, 11) is 0. The van der Waals surface area contributed by atoms with Crippen LogP contribution in [0, 0.1) is 0 Å². The van der Waals surface area contributed by atoms with Crippen LogP contribution in [0.4, 0.5) is 17.1 Å². The molecule has 11 aromatic carbocycles. The van der Waals surface area contributed by atoms with E-state index in [9.17, 15) is 0 Å². The Labute approximate surface area is 389 Å². The van der Waals surface area contributed by atoms with Crippen LogP contribution in [0.25, 0.3) is 88.3 Å². The molecule has 2 heteroatoms. The normalized spacial score (nSPS) is 12.9. The van der Waals surface area contributed by atoms with Crippen molar-refractivity contribution in [2.24, 2.45) is 0 Å². The van der Waals surface area contributed by atoms with Gasteiger partial charge in [0.2, 0.25) is 0 Å². The molecule has 0 aliphatic heterocycles. The van der Waals surface area contributed by atoms with Gasteiger partial charge in [-0.2, -0.15) is 0 Å². The molecule has 0 atom stereocenters. The third-order valence-corrected chi connectivity index (χ3v) is 14.5. The number of rotatable bonds is 7. The molecule has 0 unspecified atom stereocenters. The van der Waals surface area contributed by atoms with Crippen molar-refractivity contribution in [2.75, 3.05) is 4.90 Å². The second-order valence-electron chi connectivity index (χ2n) is 17.9. The fraction of sp³-hybridized carbons (Fsp3) is 0.0154. The molecule has 0 radical (unpaired) electrons. The molecular weight excluding hydrogens is 811 g/mol. The van der Waals surface area contributed by atoms with Crippen LogP contribution in [0.3, 0.4) is 0 Å². The van der Waals surface area contributed by atoms with Crippen molar-refractivity contribution in [2.45, 2.75) is 5.41 Å². The lowest BCUT2D eigenvalue weighted by Crippen LogP contribution is -2.28. The third kappa shape index (κ3) is 5.57. The predicted molar refractivity (Wildman–Crippen MR) is 279 cm³/mol. The van der Waals surface area contributed by atoms with Crippen molar-refractivity contribution in [3.05, 3.63) is 271 Å². The summed E-state index contributed by atoms with van der Waals surface area (Å²) in [6, 6.07) is 91.4. The Morgan fingerprint density at radius 3 is 1.69 bits per heavy atom. The standard InChI is InChI=1S/C65H41NO/c1-3-18-46(19-4-1)65(47-20-5-2-6-21-47)60-29-9-7-23-53(60)54-38-36-50(41-61(54)65)66(48-34-31-42(32-35-48)51-25-14-28-58-55-24-8-10-30-62(55)67-64(51)58)49-22-11-17-44(39-49)45-33-37-52-56-26-12-15-43-16-13-27-57(63(43)56)59(52)40-45/h1-41H. The Hall–Kier alpha value is -8.72. The highest BCUT2D eigenvalue weighted by atomic mass is 16.3. The van der Waals surface area contributed by atoms with Gasteiger partial charge >= 0.3 is 0 Å². The summed E-state index contributed by atoms with van der Waals surface area (Å²) < 4.78 is 6.52. The summed E-state index contributed by atoms with van der Waals surface area (Å²) in [5, 5.41) is 4.89. The largest absolute Gasteiger partial charge is 0.455 e. The monoisotopic (exact) mass is 851 g/mol. The van der Waals surface area contributed by atoms with Crippen LogP contribution in [0.5, 0.6) is 0 Å². The maximum atomic E-state index is 6.52. The number of furan rings is 1. The van der Waals surface area contributed by atoms with E-state index < -0.39 is 5.41 Å². The van der Waals surface area contributed by atoms with E-state index in [4.69, 9.17) is 4.42 Å². The summed E-state index contributed by atoms with van der Waals surface area (Å²) >= 11 is 0. The van der Waals surface area contributed by atoms with E-state index in [0.29, 0.717) is 0 Å². The van der Waals surface area contributed by atoms with Crippen LogP contribution in [0.1, 0.15) is 22.3 Å². The molecule has 312 valence electrons. The summed E-state index contributed by atoms with van der Waals surface area (Å²) in [4.78, 5) is 2.43. The van der Waals surface area contributed by atoms with Crippen LogP contribution in [0.15, 0.2) is 253 Å². The summed E-state index contributed by atoms with van der Waals surface area (Å²) in [6.07, 6.45) is 0. The van der Waals surface area contributed by atoms with Crippen LogP contribution in [0.2, 0.25) is 0 Å². The van der Waals surface area contributed by atoms with Gasteiger partial charge in [0.25, 0.3) is 0 Å². The zero-order valence-electron chi connectivity index (χ0n) is 36.5. The number of para-hydroxylation sites is 2. The zero-order valence-corrected chi connectivity index (χ0v) is 36.5. The molecule has 0 saturated heterocycles. The maximum absolute atomic E-state index is 6.52. The summed E-state index contributed by atoms with van der Waals surface area (Å²) in [6.45, 7) is 0. The maximum Gasteiger partial charge on any atom is 0.143 e. The molecule has 2 aliphatic carbocycles. The Bertz CT molecular complexity index is 3870. The van der Waals surface area contributed by atoms with Crippen LogP contribution in [-0.2, 0) is 5.41 Å². The molecule has 0 saturated carbocycles. The zero-order chi connectivity index (χ0) is 44.1. The minimum absolute atomic E-state index is 0.530. The molecular formula is C65H41NO. The summed E-state index contributed by atoms with van der Waals surface area (Å²) in [5.74, 6) is 0. The van der Waals surface area contributed by atoms with Gasteiger partial charge < -0.3 is 9.32 Å². The van der Waals surface area contributed by atoms with E-state index in [0.717, 1.165) is 55.7 Å². The number of hydrogen-bond donors (Lipinski definition) is 0. The second kappa shape index (κ2) is 14.7. The molecule has 0 spiro atoms.